The molecular weight excluding hydrogens is 560 g/mol. The molecule has 158 valence electrons. The lowest BCUT2D eigenvalue weighted by Gasteiger charge is -2.07. The average molecular weight is 578 g/mol. The zero-order valence-corrected chi connectivity index (χ0v) is 20.4. The standard InChI is InChI=1S/C20H18Cl2IN3O3S/c1-12-9-14(23)5-6-16(12)24-18(27)11-30-20-26-25-19(29-20)3-2-8-28-17-7-4-13(21)10-15(17)22/h4-7,9-10H,2-3,8,11H2,1H3,(H,24,27). The molecule has 6 nitrogen and oxygen atoms in total. The van der Waals surface area contributed by atoms with Crippen molar-refractivity contribution in [2.75, 3.05) is 17.7 Å². The highest BCUT2D eigenvalue weighted by atomic mass is 127. The second kappa shape index (κ2) is 11.2. The van der Waals surface area contributed by atoms with Gasteiger partial charge in [0, 0.05) is 20.7 Å². The lowest BCUT2D eigenvalue weighted by molar-refractivity contribution is -0.113. The highest BCUT2D eigenvalue weighted by Crippen LogP contribution is 2.27. The Labute approximate surface area is 202 Å². The minimum atomic E-state index is -0.127. The van der Waals surface area contributed by atoms with E-state index < -0.39 is 0 Å². The van der Waals surface area contributed by atoms with E-state index in [-0.39, 0.29) is 11.7 Å². The van der Waals surface area contributed by atoms with E-state index in [1.807, 2.05) is 25.1 Å². The lowest BCUT2D eigenvalue weighted by atomic mass is 10.2. The van der Waals surface area contributed by atoms with Crippen molar-refractivity contribution in [2.24, 2.45) is 0 Å². The van der Waals surface area contributed by atoms with Crippen molar-refractivity contribution in [3.63, 3.8) is 0 Å². The molecule has 3 rings (SSSR count). The highest BCUT2D eigenvalue weighted by molar-refractivity contribution is 14.1. The van der Waals surface area contributed by atoms with Gasteiger partial charge in [0.05, 0.1) is 17.4 Å². The highest BCUT2D eigenvalue weighted by Gasteiger charge is 2.11. The molecular formula is C20H18Cl2IN3O3S. The summed E-state index contributed by atoms with van der Waals surface area (Å²) < 4.78 is 12.3. The van der Waals surface area contributed by atoms with Gasteiger partial charge in [0.2, 0.25) is 11.8 Å². The maximum absolute atomic E-state index is 12.2. The van der Waals surface area contributed by atoms with Gasteiger partial charge in [0.25, 0.3) is 5.22 Å². The fourth-order valence-corrected chi connectivity index (χ4v) is 4.17. The Hall–Kier alpha value is -1.49. The van der Waals surface area contributed by atoms with E-state index in [1.165, 1.54) is 11.8 Å². The van der Waals surface area contributed by atoms with Gasteiger partial charge in [-0.3, -0.25) is 4.79 Å². The maximum atomic E-state index is 12.2. The van der Waals surface area contributed by atoms with Crippen LogP contribution in [-0.4, -0.2) is 28.5 Å². The molecule has 0 saturated heterocycles. The van der Waals surface area contributed by atoms with Crippen molar-refractivity contribution in [2.45, 2.75) is 25.0 Å². The quantitative estimate of drug-likeness (QED) is 0.190. The number of benzene rings is 2. The van der Waals surface area contributed by atoms with E-state index >= 15 is 0 Å². The predicted octanol–water partition coefficient (Wildman–Crippen LogP) is 6.03. The summed E-state index contributed by atoms with van der Waals surface area (Å²) in [7, 11) is 0. The van der Waals surface area contributed by atoms with Crippen molar-refractivity contribution in [3.05, 3.63) is 61.5 Å². The number of nitrogens with one attached hydrogen (secondary N) is 1. The van der Waals surface area contributed by atoms with Crippen molar-refractivity contribution in [1.29, 1.82) is 0 Å². The number of nitrogens with zero attached hydrogens (tertiary/aromatic N) is 2. The van der Waals surface area contributed by atoms with Crippen LogP contribution in [0.3, 0.4) is 0 Å². The molecule has 1 heterocycles. The molecule has 1 aromatic heterocycles. The van der Waals surface area contributed by atoms with Crippen molar-refractivity contribution in [3.8, 4) is 5.75 Å². The molecule has 0 atom stereocenters. The molecule has 1 N–H and O–H groups in total. The molecule has 0 saturated carbocycles. The van der Waals surface area contributed by atoms with Gasteiger partial charge < -0.3 is 14.5 Å². The third kappa shape index (κ3) is 7.04. The van der Waals surface area contributed by atoms with E-state index in [9.17, 15) is 4.79 Å². The van der Waals surface area contributed by atoms with E-state index in [4.69, 9.17) is 32.4 Å². The number of aromatic nitrogens is 2. The van der Waals surface area contributed by atoms with Crippen LogP contribution in [0.4, 0.5) is 5.69 Å². The second-order valence-electron chi connectivity index (χ2n) is 6.28. The number of thioether (sulfide) groups is 1. The van der Waals surface area contributed by atoms with Gasteiger partial charge in [-0.05, 0) is 77.9 Å². The van der Waals surface area contributed by atoms with Gasteiger partial charge in [0.15, 0.2) is 0 Å². The van der Waals surface area contributed by atoms with Crippen LogP contribution >= 0.6 is 57.6 Å². The first kappa shape index (κ1) is 23.2. The molecule has 0 aliphatic rings. The smallest absolute Gasteiger partial charge is 0.277 e. The molecule has 1 amide bonds. The average Bonchev–Trinajstić information content (AvgIpc) is 3.15. The Kier molecular flexibility index (Phi) is 8.67. The normalized spacial score (nSPS) is 10.8. The molecule has 0 fully saturated rings. The first-order valence-electron chi connectivity index (χ1n) is 9.00. The molecule has 0 radical (unpaired) electrons. The van der Waals surface area contributed by atoms with E-state index in [2.05, 4.69) is 38.1 Å². The van der Waals surface area contributed by atoms with Gasteiger partial charge in [-0.15, -0.1) is 10.2 Å². The van der Waals surface area contributed by atoms with Crippen LogP contribution < -0.4 is 10.1 Å². The molecule has 0 spiro atoms. The summed E-state index contributed by atoms with van der Waals surface area (Å²) in [6.45, 7) is 2.41. The van der Waals surface area contributed by atoms with Gasteiger partial charge in [-0.25, -0.2) is 0 Å². The van der Waals surface area contributed by atoms with Crippen LogP contribution in [-0.2, 0) is 11.2 Å². The van der Waals surface area contributed by atoms with Crippen LogP contribution in [0, 0.1) is 10.5 Å². The minimum absolute atomic E-state index is 0.127. The first-order valence-corrected chi connectivity index (χ1v) is 11.8. The summed E-state index contributed by atoms with van der Waals surface area (Å²) in [4.78, 5) is 12.2. The van der Waals surface area contributed by atoms with E-state index in [0.29, 0.717) is 46.4 Å². The fourth-order valence-electron chi connectivity index (χ4n) is 2.48. The third-order valence-electron chi connectivity index (χ3n) is 3.92. The molecule has 3 aromatic rings. The Balaban J connectivity index is 1.39. The number of aryl methyl sites for hydroxylation is 2. The number of amides is 1. The topological polar surface area (TPSA) is 77.2 Å². The molecule has 0 aliphatic heterocycles. The molecule has 10 heteroatoms. The number of halogens is 3. The number of carbonyl (C=O) groups excluding carboxylic acids is 1. The van der Waals surface area contributed by atoms with Crippen LogP contribution in [0.15, 0.2) is 46.0 Å². The van der Waals surface area contributed by atoms with Crippen LogP contribution in [0.1, 0.15) is 17.9 Å². The molecule has 0 unspecified atom stereocenters. The molecule has 0 aliphatic carbocycles. The monoisotopic (exact) mass is 577 g/mol. The SMILES string of the molecule is Cc1cc(I)ccc1NC(=O)CSc1nnc(CCCOc2ccc(Cl)cc2Cl)o1. The lowest BCUT2D eigenvalue weighted by Crippen LogP contribution is -2.14. The Morgan fingerprint density at radius 1 is 1.23 bits per heavy atom. The third-order valence-corrected chi connectivity index (χ3v) is 5.94. The predicted molar refractivity (Wildman–Crippen MR) is 128 cm³/mol. The summed E-state index contributed by atoms with van der Waals surface area (Å²) in [5, 5.41) is 12.3. The number of hydrogen-bond acceptors (Lipinski definition) is 6. The van der Waals surface area contributed by atoms with E-state index in [1.54, 1.807) is 18.2 Å². The summed E-state index contributed by atoms with van der Waals surface area (Å²) in [6.07, 6.45) is 1.24. The summed E-state index contributed by atoms with van der Waals surface area (Å²) in [5.74, 6) is 1.14. The Morgan fingerprint density at radius 2 is 2.07 bits per heavy atom. The number of rotatable bonds is 9. The van der Waals surface area contributed by atoms with Crippen LogP contribution in [0.2, 0.25) is 10.0 Å². The largest absolute Gasteiger partial charge is 0.492 e. The van der Waals surface area contributed by atoms with Crippen molar-refractivity contribution < 1.29 is 13.9 Å². The zero-order valence-electron chi connectivity index (χ0n) is 16.0. The van der Waals surface area contributed by atoms with Crippen molar-refractivity contribution in [1.82, 2.24) is 10.2 Å². The second-order valence-corrected chi connectivity index (χ2v) is 9.30. The van der Waals surface area contributed by atoms with Gasteiger partial charge in [-0.1, -0.05) is 35.0 Å². The maximum Gasteiger partial charge on any atom is 0.277 e. The Morgan fingerprint density at radius 3 is 2.83 bits per heavy atom. The Bertz CT molecular complexity index is 1030. The van der Waals surface area contributed by atoms with Crippen LogP contribution in [0.25, 0.3) is 0 Å². The van der Waals surface area contributed by atoms with Gasteiger partial charge in [-0.2, -0.15) is 0 Å². The summed E-state index contributed by atoms with van der Waals surface area (Å²) >= 11 is 15.4. The molecule has 0 bridgehead atoms. The number of ether oxygens (including phenoxy) is 1. The fraction of sp³-hybridized carbons (Fsp3) is 0.250. The van der Waals surface area contributed by atoms with E-state index in [0.717, 1.165) is 14.8 Å². The number of carbonyl (C=O) groups is 1. The summed E-state index contributed by atoms with van der Waals surface area (Å²) in [6, 6.07) is 10.9. The number of anilines is 1. The van der Waals surface area contributed by atoms with Crippen molar-refractivity contribution >= 4 is 69.1 Å². The van der Waals surface area contributed by atoms with Gasteiger partial charge in [0.1, 0.15) is 5.75 Å². The number of hydrogen-bond donors (Lipinski definition) is 1. The van der Waals surface area contributed by atoms with Crippen LogP contribution in [0.5, 0.6) is 5.75 Å². The zero-order chi connectivity index (χ0) is 21.5. The minimum Gasteiger partial charge on any atom is -0.492 e. The summed E-state index contributed by atoms with van der Waals surface area (Å²) in [5.41, 5.74) is 1.82. The molecule has 30 heavy (non-hydrogen) atoms. The first-order chi connectivity index (χ1) is 14.4. The van der Waals surface area contributed by atoms with Gasteiger partial charge >= 0.3 is 0 Å². The molecule has 2 aromatic carbocycles.